The van der Waals surface area contributed by atoms with Crippen molar-refractivity contribution >= 4 is 33.4 Å². The Balaban J connectivity index is 2.36. The van der Waals surface area contributed by atoms with Crippen LogP contribution in [0.5, 0.6) is 0 Å². The van der Waals surface area contributed by atoms with Crippen molar-refractivity contribution in [1.82, 2.24) is 5.32 Å². The first-order chi connectivity index (χ1) is 8.49. The number of benzene rings is 1. The van der Waals surface area contributed by atoms with E-state index in [1.807, 2.05) is 0 Å². The van der Waals surface area contributed by atoms with Crippen molar-refractivity contribution in [2.75, 3.05) is 11.4 Å². The Morgan fingerprint density at radius 3 is 2.83 bits per heavy atom. The van der Waals surface area contributed by atoms with Gasteiger partial charge in [0.1, 0.15) is 11.9 Å². The van der Waals surface area contributed by atoms with Crippen molar-refractivity contribution in [1.29, 1.82) is 0 Å². The molecule has 0 saturated carbocycles. The summed E-state index contributed by atoms with van der Waals surface area (Å²) in [7, 11) is 0. The summed E-state index contributed by atoms with van der Waals surface area (Å²) in [6.45, 7) is 1.93. The van der Waals surface area contributed by atoms with E-state index in [0.29, 0.717) is 16.7 Å². The second-order valence-corrected chi connectivity index (χ2v) is 4.98. The van der Waals surface area contributed by atoms with Crippen LogP contribution >= 0.6 is 15.9 Å². The van der Waals surface area contributed by atoms with Gasteiger partial charge in [-0.05, 0) is 41.1 Å². The Hall–Kier alpha value is -1.43. The van der Waals surface area contributed by atoms with E-state index in [4.69, 9.17) is 0 Å². The average Bonchev–Trinajstić information content (AvgIpc) is 2.41. The first-order valence-corrected chi connectivity index (χ1v) is 6.34. The molecule has 18 heavy (non-hydrogen) atoms. The molecule has 1 heterocycles. The fourth-order valence-corrected chi connectivity index (χ4v) is 2.44. The third kappa shape index (κ3) is 2.53. The highest BCUT2D eigenvalue weighted by molar-refractivity contribution is 9.10. The number of hydrogen-bond acceptors (Lipinski definition) is 2. The Bertz CT molecular complexity index is 507. The van der Waals surface area contributed by atoms with Gasteiger partial charge in [-0.3, -0.25) is 9.59 Å². The van der Waals surface area contributed by atoms with Crippen LogP contribution in [0.3, 0.4) is 0 Å². The second-order valence-electron chi connectivity index (χ2n) is 4.12. The smallest absolute Gasteiger partial charge is 0.249 e. The van der Waals surface area contributed by atoms with Gasteiger partial charge in [-0.15, -0.1) is 0 Å². The molecular weight excluding hydrogens is 303 g/mol. The maximum atomic E-state index is 13.0. The van der Waals surface area contributed by atoms with E-state index >= 15 is 0 Å². The summed E-state index contributed by atoms with van der Waals surface area (Å²) in [5.74, 6) is -0.736. The third-order valence-corrected chi connectivity index (χ3v) is 3.41. The number of hydrogen-bond donors (Lipinski definition) is 1. The van der Waals surface area contributed by atoms with E-state index in [0.717, 1.165) is 0 Å². The van der Waals surface area contributed by atoms with Crippen LogP contribution in [0.4, 0.5) is 10.1 Å². The van der Waals surface area contributed by atoms with Crippen molar-refractivity contribution in [3.05, 3.63) is 28.5 Å². The molecule has 4 nitrogen and oxygen atoms in total. The SMILES string of the molecule is CC1NC(=O)CCN(c2ccc(F)cc2Br)C1=O. The van der Waals surface area contributed by atoms with E-state index in [1.165, 1.54) is 23.1 Å². The fourth-order valence-electron chi connectivity index (χ4n) is 1.87. The monoisotopic (exact) mass is 314 g/mol. The van der Waals surface area contributed by atoms with Crippen LogP contribution < -0.4 is 10.2 Å². The molecule has 96 valence electrons. The topological polar surface area (TPSA) is 49.4 Å². The highest BCUT2D eigenvalue weighted by Crippen LogP contribution is 2.28. The fraction of sp³-hybridized carbons (Fsp3) is 0.333. The molecule has 0 aliphatic carbocycles. The van der Waals surface area contributed by atoms with Gasteiger partial charge in [-0.1, -0.05) is 0 Å². The van der Waals surface area contributed by atoms with Crippen molar-refractivity contribution < 1.29 is 14.0 Å². The molecule has 1 atom stereocenters. The molecule has 0 spiro atoms. The maximum Gasteiger partial charge on any atom is 0.249 e. The molecule has 0 aromatic heterocycles. The molecular formula is C12H12BrFN2O2. The van der Waals surface area contributed by atoms with Gasteiger partial charge < -0.3 is 10.2 Å². The van der Waals surface area contributed by atoms with E-state index in [1.54, 1.807) is 6.92 Å². The summed E-state index contributed by atoms with van der Waals surface area (Å²) in [6, 6.07) is 3.54. The molecule has 1 aromatic carbocycles. The van der Waals surface area contributed by atoms with E-state index in [9.17, 15) is 14.0 Å². The average molecular weight is 315 g/mol. The second kappa shape index (κ2) is 5.06. The summed E-state index contributed by atoms with van der Waals surface area (Å²) in [4.78, 5) is 25.0. The van der Waals surface area contributed by atoms with Gasteiger partial charge in [-0.2, -0.15) is 0 Å². The number of rotatable bonds is 1. The summed E-state index contributed by atoms with van der Waals surface area (Å²) < 4.78 is 13.5. The number of anilines is 1. The number of amides is 2. The predicted octanol–water partition coefficient (Wildman–Crippen LogP) is 1.83. The minimum atomic E-state index is -0.572. The normalized spacial score (nSPS) is 20.6. The Labute approximate surface area is 112 Å². The lowest BCUT2D eigenvalue weighted by Gasteiger charge is -2.23. The predicted molar refractivity (Wildman–Crippen MR) is 68.7 cm³/mol. The zero-order valence-corrected chi connectivity index (χ0v) is 11.3. The zero-order chi connectivity index (χ0) is 13.3. The Morgan fingerprint density at radius 1 is 1.44 bits per heavy atom. The van der Waals surface area contributed by atoms with Crippen LogP contribution in [0.25, 0.3) is 0 Å². The van der Waals surface area contributed by atoms with Gasteiger partial charge in [0, 0.05) is 17.4 Å². The van der Waals surface area contributed by atoms with Crippen molar-refractivity contribution in [2.24, 2.45) is 0 Å². The van der Waals surface area contributed by atoms with Gasteiger partial charge in [0.2, 0.25) is 11.8 Å². The van der Waals surface area contributed by atoms with Crippen molar-refractivity contribution in [3.8, 4) is 0 Å². The largest absolute Gasteiger partial charge is 0.345 e. The number of nitrogens with zero attached hydrogens (tertiary/aromatic N) is 1. The molecule has 1 aliphatic heterocycles. The van der Waals surface area contributed by atoms with Gasteiger partial charge in [0.25, 0.3) is 0 Å². The third-order valence-electron chi connectivity index (χ3n) is 2.78. The first-order valence-electron chi connectivity index (χ1n) is 5.55. The van der Waals surface area contributed by atoms with Crippen LogP contribution in [0.2, 0.25) is 0 Å². The number of nitrogens with one attached hydrogen (secondary N) is 1. The minimum Gasteiger partial charge on any atom is -0.345 e. The zero-order valence-electron chi connectivity index (χ0n) is 9.74. The van der Waals surface area contributed by atoms with Crippen LogP contribution in [0, 0.1) is 5.82 Å². The Morgan fingerprint density at radius 2 is 2.17 bits per heavy atom. The molecule has 1 saturated heterocycles. The molecule has 2 amide bonds. The maximum absolute atomic E-state index is 13.0. The van der Waals surface area contributed by atoms with Crippen LogP contribution in [-0.4, -0.2) is 24.4 Å². The Kier molecular flexibility index (Phi) is 3.65. The highest BCUT2D eigenvalue weighted by atomic mass is 79.9. The van der Waals surface area contributed by atoms with E-state index in [-0.39, 0.29) is 24.1 Å². The first kappa shape index (κ1) is 13.0. The summed E-state index contributed by atoms with van der Waals surface area (Å²) >= 11 is 3.23. The summed E-state index contributed by atoms with van der Waals surface area (Å²) in [5, 5.41) is 2.60. The molecule has 2 rings (SSSR count). The van der Waals surface area contributed by atoms with Crippen LogP contribution in [0.15, 0.2) is 22.7 Å². The molecule has 1 N–H and O–H groups in total. The van der Waals surface area contributed by atoms with Crippen molar-refractivity contribution in [3.63, 3.8) is 0 Å². The molecule has 1 aromatic rings. The lowest BCUT2D eigenvalue weighted by atomic mass is 10.2. The molecule has 0 bridgehead atoms. The number of halogens is 2. The standard InChI is InChI=1S/C12H12BrFN2O2/c1-7-12(18)16(5-4-11(17)15-7)10-3-2-8(14)6-9(10)13/h2-3,6-7H,4-5H2,1H3,(H,15,17). The molecule has 1 fully saturated rings. The van der Waals surface area contributed by atoms with Crippen LogP contribution in [-0.2, 0) is 9.59 Å². The van der Waals surface area contributed by atoms with Crippen LogP contribution in [0.1, 0.15) is 13.3 Å². The molecule has 0 radical (unpaired) electrons. The summed E-state index contributed by atoms with van der Waals surface area (Å²) in [5.41, 5.74) is 0.574. The van der Waals surface area contributed by atoms with Gasteiger partial charge in [-0.25, -0.2) is 4.39 Å². The van der Waals surface area contributed by atoms with E-state index in [2.05, 4.69) is 21.2 Å². The van der Waals surface area contributed by atoms with Gasteiger partial charge >= 0.3 is 0 Å². The highest BCUT2D eigenvalue weighted by Gasteiger charge is 2.28. The molecule has 6 heteroatoms. The van der Waals surface area contributed by atoms with E-state index < -0.39 is 6.04 Å². The number of carbonyl (C=O) groups excluding carboxylic acids is 2. The lowest BCUT2D eigenvalue weighted by Crippen LogP contribution is -2.42. The quantitative estimate of drug-likeness (QED) is 0.859. The van der Waals surface area contributed by atoms with Gasteiger partial charge in [0.05, 0.1) is 5.69 Å². The van der Waals surface area contributed by atoms with Gasteiger partial charge in [0.15, 0.2) is 0 Å². The minimum absolute atomic E-state index is 0.156. The number of carbonyl (C=O) groups is 2. The molecule has 1 aliphatic rings. The lowest BCUT2D eigenvalue weighted by molar-refractivity contribution is -0.125. The van der Waals surface area contributed by atoms with Crippen molar-refractivity contribution in [2.45, 2.75) is 19.4 Å². The summed E-state index contributed by atoms with van der Waals surface area (Å²) in [6.07, 6.45) is 0.236. The molecule has 1 unspecified atom stereocenters.